The number of aliphatic hydroxyl groups excluding tert-OH is 2. The van der Waals surface area contributed by atoms with Gasteiger partial charge >= 0.3 is 16.1 Å². The topological polar surface area (TPSA) is 248 Å². The molecule has 0 atom stereocenters. The van der Waals surface area contributed by atoms with E-state index < -0.39 is 21.9 Å². The average Bonchev–Trinajstić information content (AvgIpc) is 3.70. The van der Waals surface area contributed by atoms with Crippen LogP contribution < -0.4 is 30.3 Å². The van der Waals surface area contributed by atoms with Crippen molar-refractivity contribution in [1.82, 2.24) is 19.7 Å². The Labute approximate surface area is 429 Å². The van der Waals surface area contributed by atoms with Gasteiger partial charge in [-0.3, -0.25) is 14.6 Å². The van der Waals surface area contributed by atoms with E-state index in [4.69, 9.17) is 52.1 Å². The molecule has 5 aromatic carbocycles. The molecule has 378 valence electrons. The number of aliphatic hydroxyl groups is 2. The van der Waals surface area contributed by atoms with Gasteiger partial charge in [0.1, 0.15) is 22.7 Å². The van der Waals surface area contributed by atoms with E-state index in [1.807, 2.05) is 68.4 Å². The third kappa shape index (κ3) is 11.6. The molecule has 0 aliphatic rings. The fourth-order valence-electron chi connectivity index (χ4n) is 7.95. The van der Waals surface area contributed by atoms with Gasteiger partial charge in [0.15, 0.2) is 23.1 Å². The predicted octanol–water partition coefficient (Wildman–Crippen LogP) is 10.5. The number of anilines is 1. The number of urea groups is 1. The van der Waals surface area contributed by atoms with Crippen molar-refractivity contribution in [2.45, 2.75) is 41.9 Å². The van der Waals surface area contributed by atoms with Crippen LogP contribution in [0.3, 0.4) is 0 Å². The number of hydrogen-bond donors (Lipinski definition) is 4. The van der Waals surface area contributed by atoms with Crippen LogP contribution in [0.1, 0.15) is 55.9 Å². The van der Waals surface area contributed by atoms with Crippen molar-refractivity contribution in [1.29, 1.82) is 0 Å². The molecule has 0 unspecified atom stereocenters. The highest BCUT2D eigenvalue weighted by Gasteiger charge is 2.26. The number of amides is 2. The smallest absolute Gasteiger partial charge is 0.316 e. The summed E-state index contributed by atoms with van der Waals surface area (Å²) in [5, 5.41) is 31.4. The highest BCUT2D eigenvalue weighted by atomic mass is 35.5. The molecule has 9 aromatic rings. The lowest BCUT2D eigenvalue weighted by Gasteiger charge is -2.19. The van der Waals surface area contributed by atoms with E-state index in [9.17, 15) is 33.0 Å². The predicted molar refractivity (Wildman–Crippen MR) is 284 cm³/mol. The van der Waals surface area contributed by atoms with E-state index in [0.717, 1.165) is 22.6 Å². The number of halogens is 2. The summed E-state index contributed by atoms with van der Waals surface area (Å²) in [6, 6.07) is 27.6. The molecular formula is C53H50Cl2N6O11S. The Bertz CT molecular complexity index is 3700. The summed E-state index contributed by atoms with van der Waals surface area (Å²) in [7, 11) is -3.77. The number of hydrogen-bond acceptors (Lipinski definition) is 14. The molecule has 0 aliphatic heterocycles. The standard InChI is InChI=1S/C34H30N4O5.C17H12Cl2N2O6S.2CH4/c1-3-42-29-15-23-14-24(19-39)28(20-40)32(27(23)17-30(29)43-4-2)21-11-13-36-31(16-21)38-34(41)26-10-6-5-9-25(26)33(37-38)22-8-7-12-35-18-22;1-28(24,25)27-9-3-5-11-13(7-9)26-16(14(11)21-17(20)23)15(22)10-4-2-8(18)6-12(10)19;;/h5-18,39-40H,3-4,19-20H2,1-2H3;2-7H,1H3,(H3,20,21,23);2*1H4. The van der Waals surface area contributed by atoms with E-state index in [2.05, 4.69) is 15.3 Å². The molecule has 17 nitrogen and oxygen atoms in total. The first-order valence-electron chi connectivity index (χ1n) is 21.6. The van der Waals surface area contributed by atoms with Crippen molar-refractivity contribution >= 4 is 83.3 Å². The molecule has 0 bridgehead atoms. The highest BCUT2D eigenvalue weighted by Crippen LogP contribution is 2.42. The lowest BCUT2D eigenvalue weighted by Crippen LogP contribution is -2.23. The van der Waals surface area contributed by atoms with E-state index >= 15 is 0 Å². The molecule has 73 heavy (non-hydrogen) atoms. The number of benzene rings is 5. The van der Waals surface area contributed by atoms with Gasteiger partial charge in [-0.2, -0.15) is 18.2 Å². The van der Waals surface area contributed by atoms with Crippen LogP contribution in [-0.4, -0.2) is 69.7 Å². The molecule has 0 saturated carbocycles. The van der Waals surface area contributed by atoms with Crippen molar-refractivity contribution in [2.24, 2.45) is 5.73 Å². The van der Waals surface area contributed by atoms with Gasteiger partial charge in [-0.1, -0.05) is 56.3 Å². The number of pyridine rings is 2. The van der Waals surface area contributed by atoms with Gasteiger partial charge in [0.25, 0.3) is 5.56 Å². The zero-order valence-electron chi connectivity index (χ0n) is 38.0. The zero-order chi connectivity index (χ0) is 50.6. The highest BCUT2D eigenvalue weighted by molar-refractivity contribution is 7.86. The summed E-state index contributed by atoms with van der Waals surface area (Å²) in [6.45, 7) is 4.13. The molecule has 9 rings (SSSR count). The van der Waals surface area contributed by atoms with E-state index in [1.54, 1.807) is 30.7 Å². The van der Waals surface area contributed by atoms with Gasteiger partial charge in [0.05, 0.1) is 43.1 Å². The van der Waals surface area contributed by atoms with Crippen LogP contribution >= 0.6 is 23.2 Å². The van der Waals surface area contributed by atoms with Crippen LogP contribution in [0.25, 0.3) is 60.7 Å². The number of nitrogens with two attached hydrogens (primary N) is 1. The molecular weight excluding hydrogens is 1000 g/mol. The number of carbonyl (C=O) groups is 2. The van der Waals surface area contributed by atoms with E-state index in [-0.39, 0.29) is 67.0 Å². The second-order valence-corrected chi connectivity index (χ2v) is 18.0. The van der Waals surface area contributed by atoms with Crippen LogP contribution in [0.2, 0.25) is 10.0 Å². The minimum atomic E-state index is -3.77. The molecule has 4 aromatic heterocycles. The Morgan fingerprint density at radius 1 is 0.808 bits per heavy atom. The van der Waals surface area contributed by atoms with Gasteiger partial charge in [-0.05, 0) is 126 Å². The van der Waals surface area contributed by atoms with Crippen molar-refractivity contribution < 1.29 is 46.3 Å². The van der Waals surface area contributed by atoms with Crippen molar-refractivity contribution in [3.8, 4) is 45.5 Å². The third-order valence-corrected chi connectivity index (χ3v) is 11.9. The molecule has 0 spiro atoms. The second-order valence-electron chi connectivity index (χ2n) is 15.5. The number of nitrogens with one attached hydrogen (secondary N) is 1. The molecule has 0 fully saturated rings. The van der Waals surface area contributed by atoms with Crippen molar-refractivity contribution in [3.63, 3.8) is 0 Å². The maximum absolute atomic E-state index is 13.8. The maximum atomic E-state index is 13.8. The largest absolute Gasteiger partial charge is 0.490 e. The average molecular weight is 1050 g/mol. The molecule has 4 heterocycles. The fourth-order valence-corrected chi connectivity index (χ4v) is 8.90. The molecule has 20 heteroatoms. The Balaban J connectivity index is 0.000000253. The molecule has 0 aliphatic carbocycles. The summed E-state index contributed by atoms with van der Waals surface area (Å²) in [6.07, 6.45) is 5.88. The Kier molecular flexibility index (Phi) is 17.3. The molecule has 2 amide bonds. The summed E-state index contributed by atoms with van der Waals surface area (Å²) in [4.78, 5) is 46.8. The van der Waals surface area contributed by atoms with Gasteiger partial charge in [-0.25, -0.2) is 9.78 Å². The van der Waals surface area contributed by atoms with Gasteiger partial charge in [-0.15, -0.1) is 0 Å². The van der Waals surface area contributed by atoms with E-state index in [1.165, 1.54) is 41.1 Å². The first-order valence-corrected chi connectivity index (χ1v) is 24.2. The third-order valence-electron chi connectivity index (χ3n) is 10.9. The minimum absolute atomic E-state index is 0. The first-order chi connectivity index (χ1) is 34.1. The Morgan fingerprint density at radius 3 is 2.18 bits per heavy atom. The number of ether oxygens (including phenoxy) is 2. The number of furan rings is 1. The SMILES string of the molecule is C.C.CCOc1cc2cc(CO)c(CO)c(-c3ccnc(-n4nc(-c5cccnc5)c5ccccc5c4=O)c3)c2cc1OCC.CS(=O)(=O)Oc1ccc2c(NC(N)=O)c(C(=O)c3ccc(Cl)cc3Cl)oc2c1. The number of rotatable bonds is 14. The van der Waals surface area contributed by atoms with E-state index in [0.29, 0.717) is 79.7 Å². The molecule has 0 radical (unpaired) electrons. The summed E-state index contributed by atoms with van der Waals surface area (Å²) in [5.41, 5.74) is 8.97. The molecule has 5 N–H and O–H groups in total. The van der Waals surface area contributed by atoms with Gasteiger partial charge in [0, 0.05) is 51.6 Å². The van der Waals surface area contributed by atoms with Gasteiger partial charge in [0.2, 0.25) is 5.78 Å². The number of nitrogens with zero attached hydrogens (tertiary/aromatic N) is 4. The van der Waals surface area contributed by atoms with Gasteiger partial charge < -0.3 is 39.3 Å². The normalized spacial score (nSPS) is 11.0. The Hall–Kier alpha value is -7.87. The quantitative estimate of drug-likeness (QED) is 0.0584. The lowest BCUT2D eigenvalue weighted by molar-refractivity contribution is 0.101. The Morgan fingerprint density at radius 2 is 1.53 bits per heavy atom. The monoisotopic (exact) mass is 1050 g/mol. The second kappa shape index (κ2) is 23.1. The zero-order valence-corrected chi connectivity index (χ0v) is 40.3. The van der Waals surface area contributed by atoms with Crippen molar-refractivity contribution in [3.05, 3.63) is 165 Å². The number of ketones is 1. The van der Waals surface area contributed by atoms with Crippen LogP contribution in [0, 0.1) is 0 Å². The number of primary amides is 1. The maximum Gasteiger partial charge on any atom is 0.316 e. The van der Waals surface area contributed by atoms with Crippen LogP contribution in [-0.2, 0) is 23.3 Å². The van der Waals surface area contributed by atoms with Crippen molar-refractivity contribution in [2.75, 3.05) is 24.8 Å². The number of aromatic nitrogens is 4. The van der Waals surface area contributed by atoms with Crippen LogP contribution in [0.4, 0.5) is 10.5 Å². The summed E-state index contributed by atoms with van der Waals surface area (Å²) >= 11 is 11.9. The van der Waals surface area contributed by atoms with Crippen LogP contribution in [0.5, 0.6) is 17.2 Å². The summed E-state index contributed by atoms with van der Waals surface area (Å²) < 4.78 is 46.0. The number of fused-ring (bicyclic) bond motifs is 3. The summed E-state index contributed by atoms with van der Waals surface area (Å²) in [5.74, 6) is 0.565. The van der Waals surface area contributed by atoms with Crippen LogP contribution in [0.15, 0.2) is 131 Å². The minimum Gasteiger partial charge on any atom is -0.490 e. The lowest BCUT2D eigenvalue weighted by atomic mass is 9.90. The molecule has 0 saturated heterocycles. The number of carbonyl (C=O) groups excluding carboxylic acids is 2. The fraction of sp³-hybridized carbons (Fsp3) is 0.170. The first kappa shape index (κ1) is 54.5.